The van der Waals surface area contributed by atoms with Gasteiger partial charge in [-0.15, -0.1) is 0 Å². The first-order valence-corrected chi connectivity index (χ1v) is 13.4. The Hall–Kier alpha value is -3.05. The molecule has 2 aromatic rings. The maximum Gasteiger partial charge on any atom is 0.326 e. The van der Waals surface area contributed by atoms with Crippen LogP contribution in [0.25, 0.3) is 10.9 Å². The highest BCUT2D eigenvalue weighted by Gasteiger charge is 2.30. The molecule has 7 N–H and O–H groups in total. The third-order valence-electron chi connectivity index (χ3n) is 5.71. The molecule has 4 atom stereocenters. The van der Waals surface area contributed by atoms with Gasteiger partial charge in [0.2, 0.25) is 17.7 Å². The molecule has 11 heteroatoms. The van der Waals surface area contributed by atoms with Crippen molar-refractivity contribution in [3.05, 3.63) is 36.0 Å². The van der Waals surface area contributed by atoms with Crippen LogP contribution in [0.3, 0.4) is 0 Å². The summed E-state index contributed by atoms with van der Waals surface area (Å²) in [6.45, 7) is 5.32. The number of benzene rings is 1. The molecule has 1 aromatic carbocycles. The van der Waals surface area contributed by atoms with Crippen LogP contribution in [0.4, 0.5) is 0 Å². The molecule has 0 bridgehead atoms. The highest BCUT2D eigenvalue weighted by molar-refractivity contribution is 7.98. The van der Waals surface area contributed by atoms with Crippen LogP contribution in [0.1, 0.15) is 39.2 Å². The van der Waals surface area contributed by atoms with Crippen molar-refractivity contribution in [2.45, 2.75) is 64.2 Å². The van der Waals surface area contributed by atoms with E-state index in [1.165, 1.54) is 18.7 Å². The van der Waals surface area contributed by atoms with Gasteiger partial charge in [-0.25, -0.2) is 4.79 Å². The quantitative estimate of drug-likeness (QED) is 0.219. The van der Waals surface area contributed by atoms with Crippen molar-refractivity contribution in [2.24, 2.45) is 11.7 Å². The molecule has 1 heterocycles. The van der Waals surface area contributed by atoms with E-state index in [9.17, 15) is 24.3 Å². The minimum atomic E-state index is -1.19. The number of H-pyrrole nitrogens is 1. The summed E-state index contributed by atoms with van der Waals surface area (Å²) in [4.78, 5) is 53.5. The van der Waals surface area contributed by atoms with E-state index in [0.717, 1.165) is 16.5 Å². The molecule has 0 saturated heterocycles. The minimum absolute atomic E-state index is 0.0428. The van der Waals surface area contributed by atoms with E-state index in [1.54, 1.807) is 6.20 Å². The number of nitrogens with two attached hydrogens (primary N) is 1. The van der Waals surface area contributed by atoms with Gasteiger partial charge in [0, 0.05) is 23.5 Å². The predicted molar refractivity (Wildman–Crippen MR) is 142 cm³/mol. The van der Waals surface area contributed by atoms with Crippen molar-refractivity contribution < 1.29 is 24.3 Å². The number of amides is 3. The highest BCUT2D eigenvalue weighted by Crippen LogP contribution is 2.19. The number of thioether (sulfide) groups is 1. The Balaban J connectivity index is 2.17. The molecule has 0 aliphatic carbocycles. The van der Waals surface area contributed by atoms with E-state index in [4.69, 9.17) is 5.73 Å². The molecule has 0 spiro atoms. The lowest BCUT2D eigenvalue weighted by Gasteiger charge is -2.26. The van der Waals surface area contributed by atoms with Gasteiger partial charge in [-0.3, -0.25) is 14.4 Å². The number of rotatable bonds is 14. The second-order valence-corrected chi connectivity index (χ2v) is 10.3. The number of hydrogen-bond acceptors (Lipinski definition) is 6. The van der Waals surface area contributed by atoms with E-state index in [0.29, 0.717) is 18.6 Å². The fourth-order valence-corrected chi connectivity index (χ4v) is 4.25. The number of fused-ring (bicyclic) bond motifs is 1. The van der Waals surface area contributed by atoms with E-state index in [1.807, 2.05) is 44.4 Å². The van der Waals surface area contributed by atoms with Gasteiger partial charge < -0.3 is 31.8 Å². The predicted octanol–water partition coefficient (Wildman–Crippen LogP) is 1.40. The minimum Gasteiger partial charge on any atom is -0.480 e. The molecule has 0 radical (unpaired) electrons. The second kappa shape index (κ2) is 13.9. The fourth-order valence-electron chi connectivity index (χ4n) is 3.78. The molecule has 0 fully saturated rings. The maximum atomic E-state index is 13.2. The first kappa shape index (κ1) is 29.2. The molecule has 198 valence electrons. The third kappa shape index (κ3) is 8.56. The van der Waals surface area contributed by atoms with Gasteiger partial charge in [-0.05, 0) is 49.3 Å². The number of aromatic amines is 1. The molecular weight excluding hydrogens is 482 g/mol. The zero-order valence-corrected chi connectivity index (χ0v) is 22.0. The van der Waals surface area contributed by atoms with Crippen molar-refractivity contribution in [3.8, 4) is 0 Å². The Kier molecular flexibility index (Phi) is 11.3. The number of aliphatic carboxylic acids is 1. The summed E-state index contributed by atoms with van der Waals surface area (Å²) < 4.78 is 0. The van der Waals surface area contributed by atoms with Gasteiger partial charge in [0.15, 0.2) is 0 Å². The van der Waals surface area contributed by atoms with E-state index in [-0.39, 0.29) is 12.3 Å². The molecule has 4 unspecified atom stereocenters. The van der Waals surface area contributed by atoms with Gasteiger partial charge >= 0.3 is 5.97 Å². The normalized spacial score (nSPS) is 14.6. The first-order valence-electron chi connectivity index (χ1n) is 12.0. The average molecular weight is 520 g/mol. The van der Waals surface area contributed by atoms with E-state index < -0.39 is 47.9 Å². The number of carbonyl (C=O) groups excluding carboxylic acids is 3. The van der Waals surface area contributed by atoms with Crippen molar-refractivity contribution in [1.29, 1.82) is 0 Å². The number of hydrogen-bond donors (Lipinski definition) is 6. The molecule has 36 heavy (non-hydrogen) atoms. The lowest BCUT2D eigenvalue weighted by molar-refractivity contribution is -0.142. The van der Waals surface area contributed by atoms with Crippen LogP contribution in [0, 0.1) is 5.92 Å². The summed E-state index contributed by atoms with van der Waals surface area (Å²) in [6, 6.07) is 3.71. The Bertz CT molecular complexity index is 1050. The lowest BCUT2D eigenvalue weighted by Crippen LogP contribution is -2.57. The number of para-hydroxylation sites is 1. The zero-order chi connectivity index (χ0) is 26.8. The summed E-state index contributed by atoms with van der Waals surface area (Å²) in [5.41, 5.74) is 7.27. The average Bonchev–Trinajstić information content (AvgIpc) is 3.22. The Morgan fingerprint density at radius 1 is 0.972 bits per heavy atom. The Morgan fingerprint density at radius 2 is 1.58 bits per heavy atom. The number of nitrogens with one attached hydrogen (secondary N) is 4. The summed E-state index contributed by atoms with van der Waals surface area (Å²) in [7, 11) is 0. The van der Waals surface area contributed by atoms with Crippen molar-refractivity contribution >= 4 is 46.4 Å². The van der Waals surface area contributed by atoms with Crippen LogP contribution >= 0.6 is 11.8 Å². The fraction of sp³-hybridized carbons (Fsp3) is 0.520. The largest absolute Gasteiger partial charge is 0.480 e. The van der Waals surface area contributed by atoms with Gasteiger partial charge in [-0.2, -0.15) is 11.8 Å². The monoisotopic (exact) mass is 519 g/mol. The van der Waals surface area contributed by atoms with Crippen LogP contribution in [0.5, 0.6) is 0 Å². The molecular formula is C25H37N5O5S. The summed E-state index contributed by atoms with van der Waals surface area (Å²) in [5.74, 6) is -2.09. The molecule has 1 aromatic heterocycles. The summed E-state index contributed by atoms with van der Waals surface area (Å²) in [5, 5.41) is 18.6. The van der Waals surface area contributed by atoms with Crippen LogP contribution < -0.4 is 21.7 Å². The Labute approximate surface area is 215 Å². The summed E-state index contributed by atoms with van der Waals surface area (Å²) in [6.07, 6.45) is 4.36. The number of carboxylic acid groups (broad SMARTS) is 1. The number of carboxylic acids is 1. The van der Waals surface area contributed by atoms with Crippen LogP contribution in [0.15, 0.2) is 30.5 Å². The van der Waals surface area contributed by atoms with Gasteiger partial charge in [0.05, 0.1) is 6.04 Å². The molecule has 0 aliphatic rings. The zero-order valence-electron chi connectivity index (χ0n) is 21.2. The van der Waals surface area contributed by atoms with Crippen LogP contribution in [-0.2, 0) is 25.6 Å². The van der Waals surface area contributed by atoms with Crippen LogP contribution in [-0.4, -0.2) is 70.0 Å². The van der Waals surface area contributed by atoms with Crippen molar-refractivity contribution in [3.63, 3.8) is 0 Å². The number of aromatic nitrogens is 1. The Morgan fingerprint density at radius 3 is 2.19 bits per heavy atom. The van der Waals surface area contributed by atoms with Gasteiger partial charge in [-0.1, -0.05) is 32.0 Å². The SMILES string of the molecule is CSCCC(NC(=O)C(C)N)C(=O)NC(CC(C)C)C(=O)NC(Cc1c[nH]c2ccccc12)C(=O)O. The van der Waals surface area contributed by atoms with Gasteiger partial charge in [0.1, 0.15) is 18.1 Å². The first-order chi connectivity index (χ1) is 17.0. The van der Waals surface area contributed by atoms with Gasteiger partial charge in [0.25, 0.3) is 0 Å². The molecule has 3 amide bonds. The van der Waals surface area contributed by atoms with E-state index in [2.05, 4.69) is 20.9 Å². The second-order valence-electron chi connectivity index (χ2n) is 9.29. The molecule has 0 saturated carbocycles. The maximum absolute atomic E-state index is 13.2. The smallest absolute Gasteiger partial charge is 0.326 e. The third-order valence-corrected chi connectivity index (χ3v) is 6.35. The standard InChI is InChI=1S/C25H37N5O5S/c1-14(2)11-20(29-23(32)19(9-10-36-4)28-22(31)15(3)26)24(33)30-21(25(34)35)12-16-13-27-18-8-6-5-7-17(16)18/h5-8,13-15,19-21,27H,9-12,26H2,1-4H3,(H,28,31)(H,29,32)(H,30,33)(H,34,35). The topological polar surface area (TPSA) is 166 Å². The lowest BCUT2D eigenvalue weighted by atomic mass is 10.0. The highest BCUT2D eigenvalue weighted by atomic mass is 32.2. The molecule has 10 nitrogen and oxygen atoms in total. The molecule has 2 rings (SSSR count). The van der Waals surface area contributed by atoms with Crippen molar-refractivity contribution in [1.82, 2.24) is 20.9 Å². The van der Waals surface area contributed by atoms with E-state index >= 15 is 0 Å². The summed E-state index contributed by atoms with van der Waals surface area (Å²) >= 11 is 1.52. The van der Waals surface area contributed by atoms with Crippen molar-refractivity contribution in [2.75, 3.05) is 12.0 Å². The number of carbonyl (C=O) groups is 4. The van der Waals surface area contributed by atoms with Crippen LogP contribution in [0.2, 0.25) is 0 Å². The molecule has 0 aliphatic heterocycles.